The highest BCUT2D eigenvalue weighted by Crippen LogP contribution is 2.20. The maximum atomic E-state index is 12.2. The van der Waals surface area contributed by atoms with Crippen LogP contribution in [0.1, 0.15) is 31.9 Å². The number of likely N-dealkylation sites (tertiary alicyclic amines) is 1. The van der Waals surface area contributed by atoms with Crippen LogP contribution in [0.15, 0.2) is 30.3 Å². The van der Waals surface area contributed by atoms with E-state index in [1.807, 2.05) is 44.2 Å². The molecule has 0 aromatic heterocycles. The Kier molecular flexibility index (Phi) is 5.74. The molecule has 126 valence electrons. The molecule has 1 aromatic carbocycles. The third-order valence-electron chi connectivity index (χ3n) is 4.26. The summed E-state index contributed by atoms with van der Waals surface area (Å²) in [5.74, 6) is -0.872. The summed E-state index contributed by atoms with van der Waals surface area (Å²) in [5, 5.41) is 14.8. The smallest absolute Gasteiger partial charge is 0.317 e. The van der Waals surface area contributed by atoms with Crippen LogP contribution in [0.5, 0.6) is 0 Å². The molecule has 2 atom stereocenters. The van der Waals surface area contributed by atoms with E-state index in [0.717, 1.165) is 18.5 Å². The van der Waals surface area contributed by atoms with Crippen LogP contribution in [0, 0.1) is 0 Å². The van der Waals surface area contributed by atoms with Gasteiger partial charge in [0.2, 0.25) is 5.91 Å². The molecule has 0 radical (unpaired) electrons. The Morgan fingerprint density at radius 3 is 2.70 bits per heavy atom. The Morgan fingerprint density at radius 2 is 2.04 bits per heavy atom. The Morgan fingerprint density at radius 1 is 1.35 bits per heavy atom. The number of carboxylic acid groups (broad SMARTS) is 1. The van der Waals surface area contributed by atoms with Gasteiger partial charge in [-0.25, -0.2) is 0 Å². The summed E-state index contributed by atoms with van der Waals surface area (Å²) >= 11 is 0. The molecule has 3 N–H and O–H groups in total. The van der Waals surface area contributed by atoms with Crippen LogP contribution < -0.4 is 10.6 Å². The predicted molar refractivity (Wildman–Crippen MR) is 88.1 cm³/mol. The van der Waals surface area contributed by atoms with E-state index in [1.54, 1.807) is 0 Å². The highest BCUT2D eigenvalue weighted by atomic mass is 16.4. The molecule has 0 aliphatic carbocycles. The third-order valence-corrected chi connectivity index (χ3v) is 4.26. The van der Waals surface area contributed by atoms with Gasteiger partial charge < -0.3 is 15.7 Å². The summed E-state index contributed by atoms with van der Waals surface area (Å²) in [4.78, 5) is 24.9. The lowest BCUT2D eigenvalue weighted by atomic mass is 10.0. The van der Waals surface area contributed by atoms with Crippen LogP contribution in [-0.4, -0.2) is 53.6 Å². The summed E-state index contributed by atoms with van der Waals surface area (Å²) in [6.45, 7) is 5.71. The second-order valence-corrected chi connectivity index (χ2v) is 6.47. The minimum atomic E-state index is -0.862. The average Bonchev–Trinajstić information content (AvgIpc) is 2.87. The highest BCUT2D eigenvalue weighted by Gasteiger charge is 2.34. The zero-order chi connectivity index (χ0) is 16.9. The highest BCUT2D eigenvalue weighted by molar-refractivity contribution is 5.78. The topological polar surface area (TPSA) is 81.7 Å². The lowest BCUT2D eigenvalue weighted by molar-refractivity contribution is -0.136. The van der Waals surface area contributed by atoms with E-state index in [4.69, 9.17) is 5.11 Å². The number of carbonyl (C=O) groups is 2. The van der Waals surface area contributed by atoms with Gasteiger partial charge in [-0.1, -0.05) is 30.3 Å². The minimum Gasteiger partial charge on any atom is -0.480 e. The Bertz CT molecular complexity index is 549. The number of carbonyl (C=O) groups excluding carboxylic acids is 1. The van der Waals surface area contributed by atoms with Gasteiger partial charge in [0.1, 0.15) is 0 Å². The van der Waals surface area contributed by atoms with Gasteiger partial charge in [-0.3, -0.25) is 14.5 Å². The van der Waals surface area contributed by atoms with Crippen molar-refractivity contribution in [2.75, 3.05) is 26.2 Å². The van der Waals surface area contributed by atoms with Crippen LogP contribution in [-0.2, 0) is 9.59 Å². The molecule has 1 heterocycles. The van der Waals surface area contributed by atoms with Crippen LogP contribution in [0.4, 0.5) is 0 Å². The van der Waals surface area contributed by atoms with Gasteiger partial charge in [0.15, 0.2) is 0 Å². The number of rotatable bonds is 7. The first kappa shape index (κ1) is 17.4. The first-order valence-electron chi connectivity index (χ1n) is 7.91. The number of hydrogen-bond acceptors (Lipinski definition) is 4. The van der Waals surface area contributed by atoms with Gasteiger partial charge in [-0.2, -0.15) is 0 Å². The molecular weight excluding hydrogens is 294 g/mol. The van der Waals surface area contributed by atoms with Gasteiger partial charge in [-0.15, -0.1) is 0 Å². The van der Waals surface area contributed by atoms with Crippen molar-refractivity contribution in [2.24, 2.45) is 0 Å². The standard InChI is InChI=1S/C17H25N3O3/c1-13(14-6-4-3-5-7-14)19-15(21)11-20-9-8-17(2,12-20)18-10-16(22)23/h3-7,13,18H,8-12H2,1-2H3,(H,19,21)(H,22,23). The lowest BCUT2D eigenvalue weighted by Gasteiger charge is -2.25. The molecule has 1 saturated heterocycles. The average molecular weight is 319 g/mol. The number of carboxylic acids is 1. The molecular formula is C17H25N3O3. The molecule has 6 heteroatoms. The van der Waals surface area contributed by atoms with Crippen molar-refractivity contribution in [3.63, 3.8) is 0 Å². The van der Waals surface area contributed by atoms with Crippen molar-refractivity contribution in [3.8, 4) is 0 Å². The number of hydrogen-bond donors (Lipinski definition) is 3. The molecule has 1 aliphatic rings. The molecule has 6 nitrogen and oxygen atoms in total. The fourth-order valence-electron chi connectivity index (χ4n) is 2.94. The first-order chi connectivity index (χ1) is 10.9. The van der Waals surface area contributed by atoms with Gasteiger partial charge in [0, 0.05) is 18.6 Å². The molecule has 0 bridgehead atoms. The van der Waals surface area contributed by atoms with E-state index in [0.29, 0.717) is 13.1 Å². The van der Waals surface area contributed by atoms with Gasteiger partial charge in [0.25, 0.3) is 0 Å². The molecule has 1 amide bonds. The number of amides is 1. The van der Waals surface area contributed by atoms with Crippen LogP contribution in [0.2, 0.25) is 0 Å². The third kappa shape index (κ3) is 5.33. The number of nitrogens with zero attached hydrogens (tertiary/aromatic N) is 1. The molecule has 1 fully saturated rings. The lowest BCUT2D eigenvalue weighted by Crippen LogP contribution is -2.47. The van der Waals surface area contributed by atoms with Crippen molar-refractivity contribution in [3.05, 3.63) is 35.9 Å². The Labute approximate surface area is 136 Å². The summed E-state index contributed by atoms with van der Waals surface area (Å²) in [6.07, 6.45) is 0.835. The zero-order valence-corrected chi connectivity index (χ0v) is 13.7. The Hall–Kier alpha value is -1.92. The quantitative estimate of drug-likeness (QED) is 0.698. The van der Waals surface area contributed by atoms with Crippen LogP contribution >= 0.6 is 0 Å². The van der Waals surface area contributed by atoms with Crippen LogP contribution in [0.3, 0.4) is 0 Å². The van der Waals surface area contributed by atoms with Crippen molar-refractivity contribution in [1.82, 2.24) is 15.5 Å². The van der Waals surface area contributed by atoms with E-state index >= 15 is 0 Å². The van der Waals surface area contributed by atoms with E-state index in [2.05, 4.69) is 15.5 Å². The van der Waals surface area contributed by atoms with E-state index in [9.17, 15) is 9.59 Å². The zero-order valence-electron chi connectivity index (χ0n) is 13.7. The first-order valence-corrected chi connectivity index (χ1v) is 7.91. The molecule has 2 unspecified atom stereocenters. The van der Waals surface area contributed by atoms with Crippen molar-refractivity contribution < 1.29 is 14.7 Å². The number of aliphatic carboxylic acids is 1. The monoisotopic (exact) mass is 319 g/mol. The fraction of sp³-hybridized carbons (Fsp3) is 0.529. The molecule has 23 heavy (non-hydrogen) atoms. The maximum Gasteiger partial charge on any atom is 0.317 e. The number of benzene rings is 1. The van der Waals surface area contributed by atoms with Gasteiger partial charge >= 0.3 is 5.97 Å². The number of nitrogens with one attached hydrogen (secondary N) is 2. The predicted octanol–water partition coefficient (Wildman–Crippen LogP) is 1.00. The Balaban J connectivity index is 1.79. The largest absolute Gasteiger partial charge is 0.480 e. The summed E-state index contributed by atoms with van der Waals surface area (Å²) in [6, 6.07) is 9.83. The van der Waals surface area contributed by atoms with Crippen molar-refractivity contribution in [1.29, 1.82) is 0 Å². The van der Waals surface area contributed by atoms with Crippen LogP contribution in [0.25, 0.3) is 0 Å². The van der Waals surface area contributed by atoms with Gasteiger partial charge in [-0.05, 0) is 25.8 Å². The normalized spacial score (nSPS) is 22.7. The summed E-state index contributed by atoms with van der Waals surface area (Å²) < 4.78 is 0. The maximum absolute atomic E-state index is 12.2. The molecule has 2 rings (SSSR count). The summed E-state index contributed by atoms with van der Waals surface area (Å²) in [7, 11) is 0. The minimum absolute atomic E-state index is 0.0103. The van der Waals surface area contributed by atoms with Gasteiger partial charge in [0.05, 0.1) is 19.1 Å². The second kappa shape index (κ2) is 7.57. The van der Waals surface area contributed by atoms with E-state index in [-0.39, 0.29) is 24.0 Å². The summed E-state index contributed by atoms with van der Waals surface area (Å²) in [5.41, 5.74) is 0.833. The SMILES string of the molecule is CC(NC(=O)CN1CCC(C)(NCC(=O)O)C1)c1ccccc1. The van der Waals surface area contributed by atoms with E-state index < -0.39 is 5.97 Å². The van der Waals surface area contributed by atoms with Crippen molar-refractivity contribution in [2.45, 2.75) is 31.8 Å². The fourth-order valence-corrected chi connectivity index (χ4v) is 2.94. The van der Waals surface area contributed by atoms with Crippen molar-refractivity contribution >= 4 is 11.9 Å². The molecule has 1 aromatic rings. The molecule has 0 spiro atoms. The molecule has 0 saturated carbocycles. The molecule has 1 aliphatic heterocycles. The van der Waals surface area contributed by atoms with E-state index in [1.165, 1.54) is 0 Å². The second-order valence-electron chi connectivity index (χ2n) is 6.47.